The average Bonchev–Trinajstić information content (AvgIpc) is 3.18. The number of H-pyrrole nitrogens is 1. The predicted octanol–water partition coefficient (Wildman–Crippen LogP) is 2.60. The van der Waals surface area contributed by atoms with Gasteiger partial charge >= 0.3 is 0 Å². The van der Waals surface area contributed by atoms with E-state index in [-0.39, 0.29) is 5.91 Å². The number of likely N-dealkylation sites (N-methyl/N-ethyl adjacent to an activating group) is 1. The Kier molecular flexibility index (Phi) is 5.68. The van der Waals surface area contributed by atoms with Crippen LogP contribution in [0.5, 0.6) is 0 Å². The number of carbonyl (C=O) groups is 1. The number of carbonyl (C=O) groups excluding carboxylic acids is 1. The van der Waals surface area contributed by atoms with Crippen molar-refractivity contribution in [3.8, 4) is 0 Å². The smallest absolute Gasteiger partial charge is 0.234 e. The van der Waals surface area contributed by atoms with Gasteiger partial charge in [0.2, 0.25) is 5.91 Å². The Morgan fingerprint density at radius 1 is 1.35 bits per heavy atom. The van der Waals surface area contributed by atoms with Gasteiger partial charge in [0.1, 0.15) is 0 Å². The first kappa shape index (κ1) is 18.9. The topological polar surface area (TPSA) is 51.4 Å². The van der Waals surface area contributed by atoms with E-state index in [1.54, 1.807) is 0 Å². The third-order valence-electron chi connectivity index (χ3n) is 5.67. The molecular formula is C21H32N4O. The first-order chi connectivity index (χ1) is 12.4. The first-order valence-corrected chi connectivity index (χ1v) is 9.65. The van der Waals surface area contributed by atoms with E-state index in [1.165, 1.54) is 33.3 Å². The molecule has 0 unspecified atom stereocenters. The minimum atomic E-state index is 0.109. The Hall–Kier alpha value is -1.85. The molecule has 0 aliphatic carbocycles. The SMILES string of the molecule is CCc1[nH]c2c(CNC(=O)CN3CC[C@@H](N(C)C)C3)cc(C)cc2c1C. The van der Waals surface area contributed by atoms with Gasteiger partial charge in [-0.3, -0.25) is 9.69 Å². The Morgan fingerprint density at radius 2 is 2.12 bits per heavy atom. The lowest BCUT2D eigenvalue weighted by molar-refractivity contribution is -0.122. The van der Waals surface area contributed by atoms with E-state index >= 15 is 0 Å². The van der Waals surface area contributed by atoms with Crippen LogP contribution in [-0.2, 0) is 17.8 Å². The molecule has 0 bridgehead atoms. The van der Waals surface area contributed by atoms with Crippen LogP contribution in [0.25, 0.3) is 10.9 Å². The highest BCUT2D eigenvalue weighted by molar-refractivity contribution is 5.88. The summed E-state index contributed by atoms with van der Waals surface area (Å²) in [5, 5.41) is 4.40. The zero-order valence-electron chi connectivity index (χ0n) is 16.8. The lowest BCUT2D eigenvalue weighted by atomic mass is 10.0. The van der Waals surface area contributed by atoms with E-state index < -0.39 is 0 Å². The number of likely N-dealkylation sites (tertiary alicyclic amines) is 1. The van der Waals surface area contributed by atoms with E-state index in [0.717, 1.165) is 25.9 Å². The minimum absolute atomic E-state index is 0.109. The summed E-state index contributed by atoms with van der Waals surface area (Å²) in [6, 6.07) is 4.97. The van der Waals surface area contributed by atoms with Crippen LogP contribution in [0.3, 0.4) is 0 Å². The molecule has 1 aromatic carbocycles. The van der Waals surface area contributed by atoms with Crippen molar-refractivity contribution in [2.45, 2.75) is 46.2 Å². The fraction of sp³-hybridized carbons (Fsp3) is 0.571. The molecule has 0 spiro atoms. The molecule has 1 fully saturated rings. The number of nitrogens with one attached hydrogen (secondary N) is 2. The van der Waals surface area contributed by atoms with Crippen LogP contribution in [-0.4, -0.2) is 60.5 Å². The molecule has 2 aromatic rings. The third-order valence-corrected chi connectivity index (χ3v) is 5.67. The van der Waals surface area contributed by atoms with Crippen molar-refractivity contribution >= 4 is 16.8 Å². The summed E-state index contributed by atoms with van der Waals surface area (Å²) in [7, 11) is 4.22. The fourth-order valence-corrected chi connectivity index (χ4v) is 4.04. The summed E-state index contributed by atoms with van der Waals surface area (Å²) in [6.07, 6.45) is 2.13. The van der Waals surface area contributed by atoms with Crippen LogP contribution in [0.4, 0.5) is 0 Å². The maximum atomic E-state index is 12.4. The van der Waals surface area contributed by atoms with Crippen molar-refractivity contribution in [2.24, 2.45) is 0 Å². The lowest BCUT2D eigenvalue weighted by Gasteiger charge is -2.20. The molecule has 142 valence electrons. The largest absolute Gasteiger partial charge is 0.358 e. The van der Waals surface area contributed by atoms with Crippen molar-refractivity contribution in [1.29, 1.82) is 0 Å². The van der Waals surface area contributed by atoms with Crippen molar-refractivity contribution in [3.05, 3.63) is 34.5 Å². The summed E-state index contributed by atoms with van der Waals surface area (Å²) in [4.78, 5) is 20.5. The highest BCUT2D eigenvalue weighted by Gasteiger charge is 2.25. The molecule has 5 nitrogen and oxygen atoms in total. The highest BCUT2D eigenvalue weighted by Crippen LogP contribution is 2.26. The molecule has 5 heteroatoms. The van der Waals surface area contributed by atoms with Crippen LogP contribution in [0.15, 0.2) is 12.1 Å². The fourth-order valence-electron chi connectivity index (χ4n) is 4.04. The molecule has 1 saturated heterocycles. The second kappa shape index (κ2) is 7.80. The zero-order chi connectivity index (χ0) is 18.8. The van der Waals surface area contributed by atoms with Crippen LogP contribution in [0.1, 0.15) is 35.7 Å². The van der Waals surface area contributed by atoms with Crippen molar-refractivity contribution < 1.29 is 4.79 Å². The van der Waals surface area contributed by atoms with Gasteiger partial charge in [-0.05, 0) is 58.0 Å². The summed E-state index contributed by atoms with van der Waals surface area (Å²) in [5.41, 5.74) is 6.18. The van der Waals surface area contributed by atoms with Gasteiger partial charge in [0, 0.05) is 36.8 Å². The molecule has 26 heavy (non-hydrogen) atoms. The highest BCUT2D eigenvalue weighted by atomic mass is 16.2. The number of amides is 1. The number of hydrogen-bond acceptors (Lipinski definition) is 3. The monoisotopic (exact) mass is 356 g/mol. The quantitative estimate of drug-likeness (QED) is 0.836. The van der Waals surface area contributed by atoms with E-state index in [4.69, 9.17) is 0 Å². The molecule has 0 saturated carbocycles. The van der Waals surface area contributed by atoms with E-state index in [9.17, 15) is 4.79 Å². The average molecular weight is 357 g/mol. The zero-order valence-corrected chi connectivity index (χ0v) is 16.8. The van der Waals surface area contributed by atoms with Crippen molar-refractivity contribution in [1.82, 2.24) is 20.1 Å². The Labute approximate surface area is 156 Å². The summed E-state index contributed by atoms with van der Waals surface area (Å²) >= 11 is 0. The second-order valence-electron chi connectivity index (χ2n) is 7.85. The van der Waals surface area contributed by atoms with Crippen LogP contribution in [0, 0.1) is 13.8 Å². The molecule has 0 radical (unpaired) electrons. The van der Waals surface area contributed by atoms with Crippen LogP contribution < -0.4 is 5.32 Å². The van der Waals surface area contributed by atoms with Gasteiger partial charge in [-0.2, -0.15) is 0 Å². The van der Waals surface area contributed by atoms with Gasteiger partial charge in [-0.1, -0.05) is 18.6 Å². The molecule has 1 aromatic heterocycles. The van der Waals surface area contributed by atoms with Gasteiger partial charge in [-0.25, -0.2) is 0 Å². The van der Waals surface area contributed by atoms with Crippen molar-refractivity contribution in [2.75, 3.05) is 33.7 Å². The standard InChI is InChI=1S/C21H32N4O/c1-6-19-15(3)18-10-14(2)9-16(21(18)23-19)11-22-20(26)13-25-8-7-17(12-25)24(4)5/h9-10,17,23H,6-8,11-13H2,1-5H3,(H,22,26)/t17-/m1/s1. The molecule has 2 N–H and O–H groups in total. The molecule has 1 amide bonds. The number of aryl methyl sites for hydroxylation is 3. The molecule has 1 atom stereocenters. The number of fused-ring (bicyclic) bond motifs is 1. The first-order valence-electron chi connectivity index (χ1n) is 9.65. The Balaban J connectivity index is 1.65. The summed E-state index contributed by atoms with van der Waals surface area (Å²) in [5.74, 6) is 0.109. The Bertz CT molecular complexity index is 793. The van der Waals surface area contributed by atoms with Gasteiger partial charge in [0.15, 0.2) is 0 Å². The number of aromatic nitrogens is 1. The Morgan fingerprint density at radius 3 is 2.77 bits per heavy atom. The predicted molar refractivity (Wildman–Crippen MR) is 108 cm³/mol. The van der Waals surface area contributed by atoms with E-state index in [1.807, 2.05) is 0 Å². The van der Waals surface area contributed by atoms with Gasteiger partial charge in [0.25, 0.3) is 0 Å². The third kappa shape index (κ3) is 3.94. The molecule has 1 aliphatic heterocycles. The number of hydrogen-bond donors (Lipinski definition) is 2. The van der Waals surface area contributed by atoms with E-state index in [0.29, 0.717) is 19.1 Å². The normalized spacial score (nSPS) is 18.2. The molecular weight excluding hydrogens is 324 g/mol. The van der Waals surface area contributed by atoms with Crippen molar-refractivity contribution in [3.63, 3.8) is 0 Å². The van der Waals surface area contributed by atoms with Gasteiger partial charge in [0.05, 0.1) is 12.1 Å². The summed E-state index contributed by atoms with van der Waals surface area (Å²) < 4.78 is 0. The molecule has 1 aliphatic rings. The maximum Gasteiger partial charge on any atom is 0.234 e. The van der Waals surface area contributed by atoms with Gasteiger partial charge < -0.3 is 15.2 Å². The van der Waals surface area contributed by atoms with Gasteiger partial charge in [-0.15, -0.1) is 0 Å². The summed E-state index contributed by atoms with van der Waals surface area (Å²) in [6.45, 7) is 9.51. The molecule has 2 heterocycles. The second-order valence-corrected chi connectivity index (χ2v) is 7.85. The lowest BCUT2D eigenvalue weighted by Crippen LogP contribution is -2.38. The molecule has 3 rings (SSSR count). The number of aromatic amines is 1. The van der Waals surface area contributed by atoms with Crippen LogP contribution >= 0.6 is 0 Å². The van der Waals surface area contributed by atoms with Crippen LogP contribution in [0.2, 0.25) is 0 Å². The number of nitrogens with zero attached hydrogens (tertiary/aromatic N) is 2. The maximum absolute atomic E-state index is 12.4. The minimum Gasteiger partial charge on any atom is -0.358 e. The van der Waals surface area contributed by atoms with E-state index in [2.05, 4.69) is 67.1 Å². The number of benzene rings is 1. The number of rotatable bonds is 6.